The van der Waals surface area contributed by atoms with E-state index in [9.17, 15) is 8.42 Å². The number of hydrogen-bond donors (Lipinski definition) is 2. The quantitative estimate of drug-likeness (QED) is 0.762. The van der Waals surface area contributed by atoms with E-state index < -0.39 is 9.84 Å². The molecule has 0 saturated heterocycles. The molecule has 16 heavy (non-hydrogen) atoms. The molecule has 86 valence electrons. The van der Waals surface area contributed by atoms with Crippen molar-refractivity contribution in [3.05, 3.63) is 35.2 Å². The Morgan fingerprint density at radius 2 is 2.19 bits per heavy atom. The Kier molecular flexibility index (Phi) is 2.63. The van der Waals surface area contributed by atoms with Crippen molar-refractivity contribution in [1.82, 2.24) is 0 Å². The van der Waals surface area contributed by atoms with Gasteiger partial charge in [0.2, 0.25) is 0 Å². The van der Waals surface area contributed by atoms with Crippen LogP contribution in [-0.2, 0) is 9.84 Å². The lowest BCUT2D eigenvalue weighted by atomic mass is 10.1. The summed E-state index contributed by atoms with van der Waals surface area (Å²) < 4.78 is 22.5. The molecule has 0 spiro atoms. The molecule has 1 aliphatic heterocycles. The van der Waals surface area contributed by atoms with Crippen LogP contribution in [0, 0.1) is 6.92 Å². The zero-order valence-electron chi connectivity index (χ0n) is 8.97. The molecular weight excluding hydrogens is 224 g/mol. The van der Waals surface area contributed by atoms with Crippen LogP contribution in [-0.4, -0.2) is 20.2 Å². The first-order valence-corrected chi connectivity index (χ1v) is 6.72. The molecule has 0 radical (unpaired) electrons. The van der Waals surface area contributed by atoms with Gasteiger partial charge < -0.3 is 11.1 Å². The van der Waals surface area contributed by atoms with Gasteiger partial charge in [0, 0.05) is 5.41 Å². The van der Waals surface area contributed by atoms with Crippen molar-refractivity contribution in [2.75, 3.05) is 16.8 Å². The molecule has 0 saturated carbocycles. The summed E-state index contributed by atoms with van der Waals surface area (Å²) in [6.45, 7) is 1.94. The van der Waals surface area contributed by atoms with Gasteiger partial charge in [-0.2, -0.15) is 0 Å². The van der Waals surface area contributed by atoms with Crippen LogP contribution in [0.25, 0.3) is 0 Å². The molecule has 0 aromatic heterocycles. The maximum absolute atomic E-state index is 11.2. The normalized spacial score (nSPS) is 22.2. The van der Waals surface area contributed by atoms with E-state index in [4.69, 9.17) is 5.73 Å². The minimum atomic E-state index is -3.03. The van der Waals surface area contributed by atoms with Gasteiger partial charge in [0.15, 0.2) is 9.84 Å². The summed E-state index contributed by atoms with van der Waals surface area (Å²) in [6, 6.07) is 5.42. The van der Waals surface area contributed by atoms with Gasteiger partial charge in [0.05, 0.1) is 23.2 Å². The highest BCUT2D eigenvalue weighted by molar-refractivity contribution is 7.94. The van der Waals surface area contributed by atoms with Crippen molar-refractivity contribution >= 4 is 21.2 Å². The molecule has 3 N–H and O–H groups in total. The molecule has 0 amide bonds. The SMILES string of the molecule is Cc1cccc(N)c1NC1C=CS(=O)(=O)C1. The Balaban J connectivity index is 2.20. The first-order valence-electron chi connectivity index (χ1n) is 5.00. The number of sulfone groups is 1. The van der Waals surface area contributed by atoms with E-state index in [1.807, 2.05) is 19.1 Å². The zero-order valence-corrected chi connectivity index (χ0v) is 9.79. The Labute approximate surface area is 95.1 Å². The lowest BCUT2D eigenvalue weighted by Crippen LogP contribution is -2.22. The van der Waals surface area contributed by atoms with Crippen molar-refractivity contribution in [1.29, 1.82) is 0 Å². The summed E-state index contributed by atoms with van der Waals surface area (Å²) in [4.78, 5) is 0. The summed E-state index contributed by atoms with van der Waals surface area (Å²) >= 11 is 0. The van der Waals surface area contributed by atoms with Crippen molar-refractivity contribution in [3.8, 4) is 0 Å². The molecule has 0 bridgehead atoms. The van der Waals surface area contributed by atoms with Gasteiger partial charge in [-0.25, -0.2) is 8.42 Å². The highest BCUT2D eigenvalue weighted by Gasteiger charge is 2.22. The standard InChI is InChI=1S/C11H14N2O2S/c1-8-3-2-4-10(12)11(8)13-9-5-6-16(14,15)7-9/h2-6,9,13H,7,12H2,1H3. The van der Waals surface area contributed by atoms with E-state index in [0.717, 1.165) is 11.3 Å². The highest BCUT2D eigenvalue weighted by atomic mass is 32.2. The van der Waals surface area contributed by atoms with Crippen molar-refractivity contribution in [3.63, 3.8) is 0 Å². The van der Waals surface area contributed by atoms with Gasteiger partial charge in [0.25, 0.3) is 0 Å². The third-order valence-electron chi connectivity index (χ3n) is 2.56. The number of nitrogens with one attached hydrogen (secondary N) is 1. The number of rotatable bonds is 2. The topological polar surface area (TPSA) is 72.2 Å². The zero-order chi connectivity index (χ0) is 11.8. The van der Waals surface area contributed by atoms with E-state index in [2.05, 4.69) is 5.32 Å². The lowest BCUT2D eigenvalue weighted by Gasteiger charge is -2.15. The van der Waals surface area contributed by atoms with E-state index in [1.165, 1.54) is 5.41 Å². The second kappa shape index (κ2) is 3.83. The van der Waals surface area contributed by atoms with Gasteiger partial charge in [-0.3, -0.25) is 0 Å². The molecule has 1 atom stereocenters. The second-order valence-corrected chi connectivity index (χ2v) is 5.88. The Hall–Kier alpha value is -1.49. The van der Waals surface area contributed by atoms with Gasteiger partial charge in [-0.05, 0) is 18.6 Å². The fraction of sp³-hybridized carbons (Fsp3) is 0.273. The maximum Gasteiger partial charge on any atom is 0.173 e. The lowest BCUT2D eigenvalue weighted by molar-refractivity contribution is 0.605. The van der Waals surface area contributed by atoms with E-state index in [0.29, 0.717) is 5.69 Å². The molecule has 1 aliphatic rings. The average molecular weight is 238 g/mol. The number of nitrogen functional groups attached to an aromatic ring is 1. The predicted octanol–water partition coefficient (Wildman–Crippen LogP) is 1.30. The van der Waals surface area contributed by atoms with Crippen molar-refractivity contribution in [2.45, 2.75) is 13.0 Å². The van der Waals surface area contributed by atoms with Crippen molar-refractivity contribution in [2.24, 2.45) is 0 Å². The predicted molar refractivity (Wildman–Crippen MR) is 65.9 cm³/mol. The van der Waals surface area contributed by atoms with Gasteiger partial charge in [0.1, 0.15) is 0 Å². The smallest absolute Gasteiger partial charge is 0.173 e. The summed E-state index contributed by atoms with van der Waals surface area (Å²) in [5.41, 5.74) is 8.29. The molecule has 1 aromatic carbocycles. The summed E-state index contributed by atoms with van der Waals surface area (Å²) in [5.74, 6) is 0.0980. The van der Waals surface area contributed by atoms with Crippen LogP contribution >= 0.6 is 0 Å². The van der Waals surface area contributed by atoms with Gasteiger partial charge in [-0.15, -0.1) is 0 Å². The molecule has 1 heterocycles. The molecule has 0 fully saturated rings. The minimum Gasteiger partial charge on any atom is -0.397 e. The first-order chi connectivity index (χ1) is 7.48. The summed E-state index contributed by atoms with van der Waals surface area (Å²) in [5, 5.41) is 4.39. The summed E-state index contributed by atoms with van der Waals surface area (Å²) in [6.07, 6.45) is 1.65. The average Bonchev–Trinajstić information content (AvgIpc) is 2.52. The Morgan fingerprint density at radius 3 is 2.75 bits per heavy atom. The molecule has 0 aliphatic carbocycles. The van der Waals surface area contributed by atoms with Crippen LogP contribution < -0.4 is 11.1 Å². The molecule has 1 unspecified atom stereocenters. The first kappa shape index (κ1) is 11.0. The number of aryl methyl sites for hydroxylation is 1. The fourth-order valence-corrected chi connectivity index (χ4v) is 2.97. The molecular formula is C11H14N2O2S. The number of benzene rings is 1. The van der Waals surface area contributed by atoms with Crippen LogP contribution in [0.3, 0.4) is 0 Å². The summed E-state index contributed by atoms with van der Waals surface area (Å²) in [7, 11) is -3.03. The van der Waals surface area contributed by atoms with Crippen molar-refractivity contribution < 1.29 is 8.42 Å². The molecule has 2 rings (SSSR count). The molecule has 5 heteroatoms. The monoisotopic (exact) mass is 238 g/mol. The van der Waals surface area contributed by atoms with Crippen LogP contribution in [0.15, 0.2) is 29.7 Å². The largest absolute Gasteiger partial charge is 0.397 e. The van der Waals surface area contributed by atoms with Crippen LogP contribution in [0.4, 0.5) is 11.4 Å². The van der Waals surface area contributed by atoms with Crippen LogP contribution in [0.5, 0.6) is 0 Å². The third-order valence-corrected chi connectivity index (χ3v) is 3.96. The van der Waals surface area contributed by atoms with E-state index in [1.54, 1.807) is 12.1 Å². The highest BCUT2D eigenvalue weighted by Crippen LogP contribution is 2.25. The van der Waals surface area contributed by atoms with E-state index >= 15 is 0 Å². The number of hydrogen-bond acceptors (Lipinski definition) is 4. The molecule has 4 nitrogen and oxygen atoms in total. The fourth-order valence-electron chi connectivity index (χ4n) is 1.74. The Bertz CT molecular complexity index is 515. The second-order valence-electron chi connectivity index (χ2n) is 3.95. The van der Waals surface area contributed by atoms with Crippen LogP contribution in [0.2, 0.25) is 0 Å². The number of para-hydroxylation sites is 1. The van der Waals surface area contributed by atoms with Gasteiger partial charge >= 0.3 is 0 Å². The van der Waals surface area contributed by atoms with E-state index in [-0.39, 0.29) is 11.8 Å². The number of anilines is 2. The van der Waals surface area contributed by atoms with Crippen LogP contribution in [0.1, 0.15) is 5.56 Å². The maximum atomic E-state index is 11.2. The minimum absolute atomic E-state index is 0.0980. The molecule has 1 aromatic rings. The third kappa shape index (κ3) is 2.19. The van der Waals surface area contributed by atoms with Gasteiger partial charge in [-0.1, -0.05) is 18.2 Å². The number of nitrogens with two attached hydrogens (primary N) is 1. The Morgan fingerprint density at radius 1 is 1.44 bits per heavy atom.